The maximum Gasteiger partial charge on any atom is 0.259 e. The zero-order valence-electron chi connectivity index (χ0n) is 9.49. The van der Waals surface area contributed by atoms with E-state index >= 15 is 0 Å². The first-order valence-corrected chi connectivity index (χ1v) is 6.04. The molecule has 3 nitrogen and oxygen atoms in total. The van der Waals surface area contributed by atoms with E-state index in [1.54, 1.807) is 0 Å². The van der Waals surface area contributed by atoms with Gasteiger partial charge in [-0.25, -0.2) is 0 Å². The summed E-state index contributed by atoms with van der Waals surface area (Å²) in [6.07, 6.45) is 2.68. The van der Waals surface area contributed by atoms with Gasteiger partial charge in [-0.1, -0.05) is 0 Å². The van der Waals surface area contributed by atoms with Gasteiger partial charge in [-0.2, -0.15) is 0 Å². The van der Waals surface area contributed by atoms with Gasteiger partial charge in [0.05, 0.1) is 5.92 Å². The van der Waals surface area contributed by atoms with Crippen LogP contribution in [0.25, 0.3) is 0 Å². The monoisotopic (exact) mass is 229 g/mol. The molecule has 0 aromatic heterocycles. The minimum Gasteiger partial charge on any atom is -0.470 e. The van der Waals surface area contributed by atoms with Crippen molar-refractivity contribution in [3.8, 4) is 0 Å². The molecule has 1 atom stereocenters. The molecule has 0 heterocycles. The molecule has 0 bridgehead atoms. The maximum absolute atomic E-state index is 11.4. The van der Waals surface area contributed by atoms with Crippen LogP contribution >= 0.6 is 12.2 Å². The Morgan fingerprint density at radius 2 is 2.20 bits per heavy atom. The molecule has 4 heteroatoms. The van der Waals surface area contributed by atoms with Crippen molar-refractivity contribution < 1.29 is 9.53 Å². The van der Waals surface area contributed by atoms with Crippen LogP contribution in [0.3, 0.4) is 0 Å². The SMILES string of the molecule is CCN(CC)C(=S)OCC1CCCC1=O. The van der Waals surface area contributed by atoms with Crippen molar-refractivity contribution in [2.24, 2.45) is 5.92 Å². The smallest absolute Gasteiger partial charge is 0.259 e. The van der Waals surface area contributed by atoms with Gasteiger partial charge in [-0.05, 0) is 38.9 Å². The average Bonchev–Trinajstić information content (AvgIpc) is 2.63. The van der Waals surface area contributed by atoms with Gasteiger partial charge in [-0.15, -0.1) is 0 Å². The molecule has 1 aliphatic carbocycles. The lowest BCUT2D eigenvalue weighted by molar-refractivity contribution is -0.121. The van der Waals surface area contributed by atoms with Crippen LogP contribution < -0.4 is 0 Å². The highest BCUT2D eigenvalue weighted by Crippen LogP contribution is 2.21. The molecule has 0 amide bonds. The van der Waals surface area contributed by atoms with E-state index in [4.69, 9.17) is 17.0 Å². The van der Waals surface area contributed by atoms with E-state index in [0.29, 0.717) is 24.0 Å². The molecular formula is C11H19NO2S. The van der Waals surface area contributed by atoms with Gasteiger partial charge in [0.15, 0.2) is 0 Å². The van der Waals surface area contributed by atoms with E-state index in [0.717, 1.165) is 25.9 Å². The molecular weight excluding hydrogens is 210 g/mol. The lowest BCUT2D eigenvalue weighted by Crippen LogP contribution is -2.32. The second-order valence-electron chi connectivity index (χ2n) is 3.80. The highest BCUT2D eigenvalue weighted by atomic mass is 32.1. The molecule has 1 aliphatic rings. The Balaban J connectivity index is 2.29. The number of thiocarbonyl (C=S) groups is 1. The summed E-state index contributed by atoms with van der Waals surface area (Å²) < 4.78 is 5.48. The van der Waals surface area contributed by atoms with Crippen molar-refractivity contribution in [3.63, 3.8) is 0 Å². The van der Waals surface area contributed by atoms with Crippen LogP contribution in [0.2, 0.25) is 0 Å². The lowest BCUT2D eigenvalue weighted by atomic mass is 10.1. The normalized spacial score (nSPS) is 20.4. The number of carbonyl (C=O) groups is 1. The molecule has 1 fully saturated rings. The molecule has 15 heavy (non-hydrogen) atoms. The number of hydrogen-bond acceptors (Lipinski definition) is 3. The van der Waals surface area contributed by atoms with Gasteiger partial charge >= 0.3 is 0 Å². The second kappa shape index (κ2) is 6.05. The largest absolute Gasteiger partial charge is 0.470 e. The molecule has 0 aromatic rings. The number of hydrogen-bond donors (Lipinski definition) is 0. The molecule has 0 aliphatic heterocycles. The molecule has 1 unspecified atom stereocenters. The standard InChI is InChI=1S/C11H19NO2S/c1-3-12(4-2)11(15)14-8-9-6-5-7-10(9)13/h9H,3-8H2,1-2H3. The van der Waals surface area contributed by atoms with Gasteiger partial charge in [0, 0.05) is 19.5 Å². The van der Waals surface area contributed by atoms with E-state index in [2.05, 4.69) is 0 Å². The Labute approximate surface area is 96.8 Å². The summed E-state index contributed by atoms with van der Waals surface area (Å²) in [5.74, 6) is 0.413. The van der Waals surface area contributed by atoms with Crippen molar-refractivity contribution in [3.05, 3.63) is 0 Å². The summed E-state index contributed by atoms with van der Waals surface area (Å²) in [5.41, 5.74) is 0. The Hall–Kier alpha value is -0.640. The van der Waals surface area contributed by atoms with Gasteiger partial charge in [0.1, 0.15) is 12.4 Å². The number of ketones is 1. The highest BCUT2D eigenvalue weighted by Gasteiger charge is 2.25. The van der Waals surface area contributed by atoms with Crippen molar-refractivity contribution in [2.45, 2.75) is 33.1 Å². The summed E-state index contributed by atoms with van der Waals surface area (Å²) in [6, 6.07) is 0. The summed E-state index contributed by atoms with van der Waals surface area (Å²) >= 11 is 5.14. The van der Waals surface area contributed by atoms with Crippen LogP contribution in [-0.2, 0) is 9.53 Å². The zero-order valence-corrected chi connectivity index (χ0v) is 10.3. The molecule has 0 saturated heterocycles. The van der Waals surface area contributed by atoms with Crippen LogP contribution in [-0.4, -0.2) is 35.6 Å². The fourth-order valence-electron chi connectivity index (χ4n) is 1.81. The first-order chi connectivity index (χ1) is 7.19. The zero-order chi connectivity index (χ0) is 11.3. The predicted molar refractivity (Wildman–Crippen MR) is 63.8 cm³/mol. The van der Waals surface area contributed by atoms with E-state index in [1.807, 2.05) is 18.7 Å². The summed E-state index contributed by atoms with van der Waals surface area (Å²) in [4.78, 5) is 13.3. The number of ether oxygens (including phenoxy) is 1. The fourth-order valence-corrected chi connectivity index (χ4v) is 2.14. The summed E-state index contributed by atoms with van der Waals surface area (Å²) in [6.45, 7) is 6.26. The topological polar surface area (TPSA) is 29.5 Å². The first-order valence-electron chi connectivity index (χ1n) is 5.63. The van der Waals surface area contributed by atoms with Crippen molar-refractivity contribution in [2.75, 3.05) is 19.7 Å². The summed E-state index contributed by atoms with van der Waals surface area (Å²) in [7, 11) is 0. The minimum atomic E-state index is 0.0820. The number of nitrogens with zero attached hydrogens (tertiary/aromatic N) is 1. The quantitative estimate of drug-likeness (QED) is 0.690. The lowest BCUT2D eigenvalue weighted by Gasteiger charge is -2.22. The van der Waals surface area contributed by atoms with Crippen molar-refractivity contribution in [1.29, 1.82) is 0 Å². The predicted octanol–water partition coefficient (Wildman–Crippen LogP) is 2.00. The molecule has 86 valence electrons. The second-order valence-corrected chi connectivity index (χ2v) is 4.15. The Bertz CT molecular complexity index is 239. The Kier molecular flexibility index (Phi) is 5.02. The highest BCUT2D eigenvalue weighted by molar-refractivity contribution is 7.80. The molecule has 0 aromatic carbocycles. The molecule has 1 rings (SSSR count). The van der Waals surface area contributed by atoms with Crippen LogP contribution in [0.5, 0.6) is 0 Å². The molecule has 0 N–H and O–H groups in total. The molecule has 0 radical (unpaired) electrons. The van der Waals surface area contributed by atoms with Gasteiger partial charge in [-0.3, -0.25) is 4.79 Å². The number of rotatable bonds is 4. The minimum absolute atomic E-state index is 0.0820. The van der Waals surface area contributed by atoms with Crippen LogP contribution in [0.4, 0.5) is 0 Å². The van der Waals surface area contributed by atoms with Crippen molar-refractivity contribution in [1.82, 2.24) is 4.90 Å². The fraction of sp³-hybridized carbons (Fsp3) is 0.818. The van der Waals surface area contributed by atoms with Crippen molar-refractivity contribution >= 4 is 23.2 Å². The molecule has 0 spiro atoms. The van der Waals surface area contributed by atoms with E-state index < -0.39 is 0 Å². The van der Waals surface area contributed by atoms with Crippen LogP contribution in [0, 0.1) is 5.92 Å². The third kappa shape index (κ3) is 3.45. The van der Waals surface area contributed by atoms with Crippen LogP contribution in [0.15, 0.2) is 0 Å². The maximum atomic E-state index is 11.4. The van der Waals surface area contributed by atoms with Gasteiger partial charge in [0.25, 0.3) is 5.17 Å². The third-order valence-electron chi connectivity index (χ3n) is 2.86. The number of Topliss-reactive ketones (excluding diaryl/α,β-unsaturated/α-hetero) is 1. The van der Waals surface area contributed by atoms with E-state index in [1.165, 1.54) is 0 Å². The van der Waals surface area contributed by atoms with E-state index in [-0.39, 0.29) is 5.92 Å². The molecule has 1 saturated carbocycles. The average molecular weight is 229 g/mol. The summed E-state index contributed by atoms with van der Waals surface area (Å²) in [5, 5.41) is 0.528. The Morgan fingerprint density at radius 3 is 2.67 bits per heavy atom. The first kappa shape index (κ1) is 12.4. The van der Waals surface area contributed by atoms with Crippen LogP contribution in [0.1, 0.15) is 33.1 Å². The van der Waals surface area contributed by atoms with Gasteiger partial charge < -0.3 is 9.64 Å². The van der Waals surface area contributed by atoms with Gasteiger partial charge in [0.2, 0.25) is 0 Å². The third-order valence-corrected chi connectivity index (χ3v) is 3.24. The number of carbonyl (C=O) groups excluding carboxylic acids is 1. The Morgan fingerprint density at radius 1 is 1.53 bits per heavy atom. The van der Waals surface area contributed by atoms with E-state index in [9.17, 15) is 4.79 Å².